The lowest BCUT2D eigenvalue weighted by Gasteiger charge is -2.55. The molecule has 1 aromatic carbocycles. The van der Waals surface area contributed by atoms with Crippen molar-refractivity contribution in [3.63, 3.8) is 0 Å². The minimum Gasteiger partial charge on any atom is -0.477 e. The second kappa shape index (κ2) is 9.11. The monoisotopic (exact) mass is 452 g/mol. The highest BCUT2D eigenvalue weighted by Gasteiger charge is 2.66. The summed E-state index contributed by atoms with van der Waals surface area (Å²) in [6.07, 6.45) is 0. The van der Waals surface area contributed by atoms with Crippen LogP contribution in [0.2, 0.25) is 0 Å². The molecular formula is C19H20N2O7S2. The molecule has 0 radical (unpaired) electrons. The Morgan fingerprint density at radius 2 is 2.03 bits per heavy atom. The number of nitrogens with one attached hydrogen (secondary N) is 1. The molecule has 2 N–H and O–H groups in total. The predicted octanol–water partition coefficient (Wildman–Crippen LogP) is 1.05. The molecule has 1 saturated heterocycles. The lowest BCUT2D eigenvalue weighted by Crippen LogP contribution is -2.80. The lowest BCUT2D eigenvalue weighted by atomic mass is 9.98. The smallest absolute Gasteiger partial charge is 0.352 e. The Hall–Kier alpha value is -2.50. The molecule has 2 atom stereocenters. The van der Waals surface area contributed by atoms with Gasteiger partial charge in [0.15, 0.2) is 0 Å². The topological polar surface area (TPSA) is 122 Å². The van der Waals surface area contributed by atoms with Crippen molar-refractivity contribution >= 4 is 47.3 Å². The van der Waals surface area contributed by atoms with Gasteiger partial charge in [0.05, 0.1) is 5.75 Å². The van der Waals surface area contributed by atoms with Crippen LogP contribution in [0.4, 0.5) is 0 Å². The Labute approximate surface area is 181 Å². The molecule has 0 unspecified atom stereocenters. The Kier molecular flexibility index (Phi) is 6.74. The number of β-lactam (4-membered cyclic amide) rings is 1. The molecule has 11 heteroatoms. The molecule has 30 heavy (non-hydrogen) atoms. The molecular weight excluding hydrogens is 432 g/mol. The number of amides is 2. The zero-order valence-corrected chi connectivity index (χ0v) is 17.9. The first kappa shape index (κ1) is 22.2. The fourth-order valence-electron chi connectivity index (χ4n) is 3.15. The molecule has 0 aliphatic carbocycles. The number of thioether (sulfide) groups is 2. The van der Waals surface area contributed by atoms with Gasteiger partial charge in [-0.3, -0.25) is 19.3 Å². The number of nitrogens with zero attached hydrogens (tertiary/aromatic N) is 1. The summed E-state index contributed by atoms with van der Waals surface area (Å²) in [5.74, 6) is -2.68. The fraction of sp³-hybridized carbons (Fsp3) is 0.368. The number of aliphatic carboxylic acids is 1. The van der Waals surface area contributed by atoms with E-state index in [2.05, 4.69) is 5.32 Å². The molecule has 9 nitrogen and oxygen atoms in total. The number of carboxylic acid groups (broad SMARTS) is 1. The van der Waals surface area contributed by atoms with Crippen molar-refractivity contribution in [1.29, 1.82) is 0 Å². The molecule has 2 aliphatic heterocycles. The van der Waals surface area contributed by atoms with Crippen LogP contribution in [-0.4, -0.2) is 70.1 Å². The van der Waals surface area contributed by atoms with Gasteiger partial charge in [0.25, 0.3) is 11.6 Å². The predicted molar refractivity (Wildman–Crippen MR) is 109 cm³/mol. The number of carboxylic acids is 1. The fourth-order valence-corrected chi connectivity index (χ4v) is 5.29. The van der Waals surface area contributed by atoms with E-state index in [0.29, 0.717) is 5.57 Å². The number of rotatable bonds is 8. The van der Waals surface area contributed by atoms with Crippen LogP contribution in [0.15, 0.2) is 46.5 Å². The van der Waals surface area contributed by atoms with Crippen molar-refractivity contribution in [3.05, 3.63) is 41.6 Å². The van der Waals surface area contributed by atoms with Gasteiger partial charge in [-0.15, -0.1) is 23.5 Å². The number of ether oxygens (including phenoxy) is 2. The molecule has 0 saturated carbocycles. The van der Waals surface area contributed by atoms with Crippen molar-refractivity contribution in [2.45, 2.75) is 22.9 Å². The number of fused-ring (bicyclic) bond motifs is 1. The minimum absolute atomic E-state index is 0.0686. The normalized spacial score (nSPS) is 22.8. The number of methoxy groups -OCH3 is 1. The van der Waals surface area contributed by atoms with Crippen LogP contribution >= 0.6 is 23.5 Å². The van der Waals surface area contributed by atoms with E-state index in [1.165, 1.54) is 37.6 Å². The number of carbonyl (C=O) groups excluding carboxylic acids is 3. The van der Waals surface area contributed by atoms with Crippen molar-refractivity contribution in [1.82, 2.24) is 10.2 Å². The molecule has 0 spiro atoms. The van der Waals surface area contributed by atoms with Crippen LogP contribution in [-0.2, 0) is 28.7 Å². The SMILES string of the molecule is CO[C@]1(NC(=O)CSc2ccccc2)C(=O)N2C(C(=O)O)=C(COC(C)=O)CS[C@@H]21. The molecule has 3 rings (SSSR count). The van der Waals surface area contributed by atoms with Crippen LogP contribution in [0.25, 0.3) is 0 Å². The summed E-state index contributed by atoms with van der Waals surface area (Å²) in [5, 5.41) is 11.5. The average Bonchev–Trinajstić information content (AvgIpc) is 2.74. The zero-order valence-electron chi connectivity index (χ0n) is 16.2. The van der Waals surface area contributed by atoms with E-state index in [9.17, 15) is 24.3 Å². The van der Waals surface area contributed by atoms with Crippen LogP contribution in [0.5, 0.6) is 0 Å². The maximum Gasteiger partial charge on any atom is 0.352 e. The zero-order chi connectivity index (χ0) is 21.9. The third-order valence-corrected chi connectivity index (χ3v) is 6.91. The third-order valence-electron chi connectivity index (χ3n) is 4.52. The summed E-state index contributed by atoms with van der Waals surface area (Å²) in [5.41, 5.74) is -1.58. The number of benzene rings is 1. The molecule has 0 aromatic heterocycles. The molecule has 2 aliphatic rings. The first-order valence-corrected chi connectivity index (χ1v) is 10.9. The van der Waals surface area contributed by atoms with Gasteiger partial charge in [-0.2, -0.15) is 0 Å². The number of esters is 1. The second-order valence-electron chi connectivity index (χ2n) is 6.47. The molecule has 1 aromatic rings. The maximum absolute atomic E-state index is 12.9. The number of hydrogen-bond acceptors (Lipinski definition) is 8. The maximum atomic E-state index is 12.9. The van der Waals surface area contributed by atoms with Gasteiger partial charge in [-0.05, 0) is 12.1 Å². The van der Waals surface area contributed by atoms with Gasteiger partial charge in [0.1, 0.15) is 17.7 Å². The lowest BCUT2D eigenvalue weighted by molar-refractivity contribution is -0.192. The highest BCUT2D eigenvalue weighted by Crippen LogP contribution is 2.46. The van der Waals surface area contributed by atoms with Gasteiger partial charge >= 0.3 is 11.9 Å². The highest BCUT2D eigenvalue weighted by atomic mass is 32.2. The highest BCUT2D eigenvalue weighted by molar-refractivity contribution is 8.00. The van der Waals surface area contributed by atoms with Crippen LogP contribution in [0.1, 0.15) is 6.92 Å². The average molecular weight is 453 g/mol. The molecule has 2 amide bonds. The van der Waals surface area contributed by atoms with Crippen molar-refractivity contribution in [3.8, 4) is 0 Å². The Morgan fingerprint density at radius 1 is 1.33 bits per heavy atom. The van der Waals surface area contributed by atoms with E-state index >= 15 is 0 Å². The molecule has 1 fully saturated rings. The van der Waals surface area contributed by atoms with Crippen LogP contribution in [0, 0.1) is 0 Å². The molecule has 160 valence electrons. The first-order valence-electron chi connectivity index (χ1n) is 8.88. The van der Waals surface area contributed by atoms with Crippen LogP contribution < -0.4 is 5.32 Å². The quantitative estimate of drug-likeness (QED) is 0.258. The standard InChI is InChI=1S/C19H20N2O7S2/c1-11(22)28-8-12-9-30-18-19(27-2,17(26)21(18)15(12)16(24)25)20-14(23)10-29-13-6-4-3-5-7-13/h3-7,18H,8-10H2,1-2H3,(H,20,23)(H,24,25)/t18-,19-/m1/s1. The second-order valence-corrected chi connectivity index (χ2v) is 8.58. The van der Waals surface area contributed by atoms with Crippen molar-refractivity contribution in [2.24, 2.45) is 0 Å². The van der Waals surface area contributed by atoms with Gasteiger partial charge < -0.3 is 19.9 Å². The molecule has 0 bridgehead atoms. The molecule has 2 heterocycles. The van der Waals surface area contributed by atoms with E-state index in [1.807, 2.05) is 30.3 Å². The van der Waals surface area contributed by atoms with Gasteiger partial charge in [-0.1, -0.05) is 18.2 Å². The number of carbonyl (C=O) groups is 4. The van der Waals surface area contributed by atoms with Crippen molar-refractivity contribution < 1.29 is 33.8 Å². The van der Waals surface area contributed by atoms with E-state index in [-0.39, 0.29) is 23.8 Å². The van der Waals surface area contributed by atoms with Gasteiger partial charge in [0, 0.05) is 30.3 Å². The van der Waals surface area contributed by atoms with E-state index < -0.39 is 34.9 Å². The van der Waals surface area contributed by atoms with Gasteiger partial charge in [0.2, 0.25) is 5.91 Å². The first-order chi connectivity index (χ1) is 14.3. The summed E-state index contributed by atoms with van der Waals surface area (Å²) in [7, 11) is 1.29. The van der Waals surface area contributed by atoms with Crippen LogP contribution in [0.3, 0.4) is 0 Å². The van der Waals surface area contributed by atoms with Crippen molar-refractivity contribution in [2.75, 3.05) is 25.2 Å². The summed E-state index contributed by atoms with van der Waals surface area (Å²) in [6.45, 7) is 0.994. The Morgan fingerprint density at radius 3 is 2.63 bits per heavy atom. The summed E-state index contributed by atoms with van der Waals surface area (Å²) in [6, 6.07) is 9.32. The minimum atomic E-state index is -1.65. The summed E-state index contributed by atoms with van der Waals surface area (Å²) < 4.78 is 10.3. The Balaban J connectivity index is 1.74. The summed E-state index contributed by atoms with van der Waals surface area (Å²) >= 11 is 2.54. The summed E-state index contributed by atoms with van der Waals surface area (Å²) in [4.78, 5) is 50.2. The Bertz CT molecular complexity index is 905. The van der Waals surface area contributed by atoms with E-state index in [1.54, 1.807) is 0 Å². The van der Waals surface area contributed by atoms with E-state index in [0.717, 1.165) is 9.80 Å². The largest absolute Gasteiger partial charge is 0.477 e. The third kappa shape index (κ3) is 4.18. The van der Waals surface area contributed by atoms with E-state index in [4.69, 9.17) is 9.47 Å². The van der Waals surface area contributed by atoms with Gasteiger partial charge in [-0.25, -0.2) is 4.79 Å². The number of hydrogen-bond donors (Lipinski definition) is 2.